The van der Waals surface area contributed by atoms with E-state index < -0.39 is 40.1 Å². The third kappa shape index (κ3) is 9.01. The molecule has 0 fully saturated rings. The summed E-state index contributed by atoms with van der Waals surface area (Å²) >= 11 is 0. The summed E-state index contributed by atoms with van der Waals surface area (Å²) in [6.07, 6.45) is -0.286. The van der Waals surface area contributed by atoms with E-state index in [0.29, 0.717) is 5.56 Å². The van der Waals surface area contributed by atoms with Crippen LogP contribution in [0.3, 0.4) is 0 Å². The Morgan fingerprint density at radius 2 is 1.90 bits per heavy atom. The average Bonchev–Trinajstić information content (AvgIpc) is 2.64. The number of carbonyl (C=O) groups is 3. The molecule has 12 nitrogen and oxygen atoms in total. The highest BCUT2D eigenvalue weighted by atomic mass is 31.2. The highest BCUT2D eigenvalue weighted by Gasteiger charge is 2.23. The van der Waals surface area contributed by atoms with Crippen molar-refractivity contribution in [3.05, 3.63) is 23.9 Å². The van der Waals surface area contributed by atoms with Crippen molar-refractivity contribution in [3.63, 3.8) is 0 Å². The van der Waals surface area contributed by atoms with Crippen LogP contribution in [0.4, 0.5) is 15.4 Å². The first-order valence-corrected chi connectivity index (χ1v) is 9.57. The minimum atomic E-state index is -2.73. The van der Waals surface area contributed by atoms with Crippen molar-refractivity contribution in [2.45, 2.75) is 20.4 Å². The fourth-order valence-electron chi connectivity index (χ4n) is 2.05. The molecule has 0 saturated carbocycles. The Hall–Kier alpha value is -2.53. The minimum Gasteiger partial charge on any atom is -0.480 e. The summed E-state index contributed by atoms with van der Waals surface area (Å²) < 4.78 is 14.2. The summed E-state index contributed by atoms with van der Waals surface area (Å²) in [5.74, 6) is -0.989. The molecule has 2 amide bonds. The zero-order valence-corrected chi connectivity index (χ0v) is 17.1. The largest absolute Gasteiger partial charge is 0.480 e. The Kier molecular flexibility index (Phi) is 10.2. The number of carboxylic acids is 1. The third-order valence-electron chi connectivity index (χ3n) is 3.30. The van der Waals surface area contributed by atoms with Gasteiger partial charge in [0, 0.05) is 18.8 Å². The maximum absolute atomic E-state index is 12.2. The van der Waals surface area contributed by atoms with Crippen molar-refractivity contribution in [1.82, 2.24) is 9.88 Å². The molecule has 1 heterocycles. The van der Waals surface area contributed by atoms with E-state index in [1.54, 1.807) is 12.1 Å². The van der Waals surface area contributed by atoms with Crippen molar-refractivity contribution < 1.29 is 43.3 Å². The number of rotatable bonds is 10. The van der Waals surface area contributed by atoms with Crippen LogP contribution in [-0.2, 0) is 25.3 Å². The van der Waals surface area contributed by atoms with Crippen LogP contribution in [0.15, 0.2) is 18.3 Å². The van der Waals surface area contributed by atoms with Crippen LogP contribution >= 0.6 is 8.60 Å². The normalized spacial score (nSPS) is 10.7. The van der Waals surface area contributed by atoms with Gasteiger partial charge in [0.2, 0.25) is 6.79 Å². The summed E-state index contributed by atoms with van der Waals surface area (Å²) in [6, 6.07) is 3.12. The summed E-state index contributed by atoms with van der Waals surface area (Å²) in [6.45, 7) is 2.26. The van der Waals surface area contributed by atoms with Crippen LogP contribution in [0.1, 0.15) is 19.4 Å². The molecule has 0 aliphatic heterocycles. The number of carboxylic acid groups (broad SMARTS) is 1. The van der Waals surface area contributed by atoms with Gasteiger partial charge < -0.3 is 24.4 Å². The van der Waals surface area contributed by atoms with Gasteiger partial charge in [-0.2, -0.15) is 0 Å². The number of anilines is 1. The molecule has 0 aliphatic carbocycles. The summed E-state index contributed by atoms with van der Waals surface area (Å²) in [5.41, 5.74) is 0.363. The zero-order chi connectivity index (χ0) is 22.0. The molecular formula is C16H24N3O9P. The second-order valence-corrected chi connectivity index (χ2v) is 6.94. The first-order chi connectivity index (χ1) is 13.6. The molecule has 1 rings (SSSR count). The van der Waals surface area contributed by atoms with Crippen LogP contribution in [0.2, 0.25) is 0 Å². The molecule has 162 valence electrons. The second kappa shape index (κ2) is 12.1. The Morgan fingerprint density at radius 3 is 2.48 bits per heavy atom. The SMILES string of the molecule is CC(C)COC(=O)N(C)c1ncccc1CN(CC(=O)O)C(=O)OCOP(O)O. The second-order valence-electron chi connectivity index (χ2n) is 6.18. The summed E-state index contributed by atoms with van der Waals surface area (Å²) in [4.78, 5) is 58.8. The van der Waals surface area contributed by atoms with Crippen molar-refractivity contribution in [1.29, 1.82) is 0 Å². The van der Waals surface area contributed by atoms with E-state index >= 15 is 0 Å². The van der Waals surface area contributed by atoms with E-state index in [1.807, 2.05) is 13.8 Å². The van der Waals surface area contributed by atoms with Gasteiger partial charge in [0.25, 0.3) is 0 Å². The molecule has 0 unspecified atom stereocenters. The van der Waals surface area contributed by atoms with Gasteiger partial charge in [0.05, 0.1) is 13.2 Å². The first-order valence-electron chi connectivity index (χ1n) is 8.40. The number of carbonyl (C=O) groups excluding carboxylic acids is 2. The van der Waals surface area contributed by atoms with Crippen molar-refractivity contribution in [2.75, 3.05) is 31.9 Å². The number of aromatic nitrogens is 1. The smallest absolute Gasteiger partial charge is 0.415 e. The molecule has 0 bridgehead atoms. The lowest BCUT2D eigenvalue weighted by atomic mass is 10.2. The molecule has 29 heavy (non-hydrogen) atoms. The molecule has 0 atom stereocenters. The predicted octanol–water partition coefficient (Wildman–Crippen LogP) is 1.52. The van der Waals surface area contributed by atoms with E-state index in [2.05, 4.69) is 14.2 Å². The number of aliphatic carboxylic acids is 1. The van der Waals surface area contributed by atoms with E-state index in [4.69, 9.17) is 19.6 Å². The highest BCUT2D eigenvalue weighted by molar-refractivity contribution is 7.39. The fourth-order valence-corrected chi connectivity index (χ4v) is 2.19. The van der Waals surface area contributed by atoms with Crippen molar-refractivity contribution in [3.8, 4) is 0 Å². The predicted molar refractivity (Wildman–Crippen MR) is 101 cm³/mol. The van der Waals surface area contributed by atoms with Crippen molar-refractivity contribution >= 4 is 32.6 Å². The van der Waals surface area contributed by atoms with Crippen LogP contribution in [0, 0.1) is 5.92 Å². The number of pyridine rings is 1. The molecular weight excluding hydrogens is 409 g/mol. The Balaban J connectivity index is 2.95. The molecule has 0 radical (unpaired) electrons. The fraction of sp³-hybridized carbons (Fsp3) is 0.500. The molecule has 0 aliphatic rings. The van der Waals surface area contributed by atoms with Gasteiger partial charge in [-0.25, -0.2) is 14.6 Å². The Morgan fingerprint density at radius 1 is 1.21 bits per heavy atom. The lowest BCUT2D eigenvalue weighted by Crippen LogP contribution is -2.37. The lowest BCUT2D eigenvalue weighted by molar-refractivity contribution is -0.138. The number of amides is 2. The molecule has 13 heteroatoms. The Labute approximate surface area is 168 Å². The molecule has 3 N–H and O–H groups in total. The molecule has 1 aromatic rings. The molecule has 0 aromatic carbocycles. The van der Waals surface area contributed by atoms with Gasteiger partial charge >= 0.3 is 26.8 Å². The third-order valence-corrected chi connectivity index (χ3v) is 3.63. The maximum Gasteiger partial charge on any atom is 0.415 e. The van der Waals surface area contributed by atoms with Gasteiger partial charge in [-0.3, -0.25) is 19.1 Å². The van der Waals surface area contributed by atoms with Crippen LogP contribution in [0.25, 0.3) is 0 Å². The van der Waals surface area contributed by atoms with E-state index in [9.17, 15) is 14.4 Å². The van der Waals surface area contributed by atoms with Gasteiger partial charge in [-0.05, 0) is 12.0 Å². The summed E-state index contributed by atoms with van der Waals surface area (Å²) in [7, 11) is -1.29. The monoisotopic (exact) mass is 433 g/mol. The van der Waals surface area contributed by atoms with Gasteiger partial charge in [-0.1, -0.05) is 19.9 Å². The van der Waals surface area contributed by atoms with Crippen molar-refractivity contribution in [2.24, 2.45) is 5.92 Å². The number of nitrogens with zero attached hydrogens (tertiary/aromatic N) is 3. The summed E-state index contributed by atoms with van der Waals surface area (Å²) in [5, 5.41) is 9.06. The molecule has 0 spiro atoms. The first kappa shape index (κ1) is 24.5. The molecule has 0 saturated heterocycles. The Bertz CT molecular complexity index is 702. The van der Waals surface area contributed by atoms with E-state index in [0.717, 1.165) is 9.80 Å². The van der Waals surface area contributed by atoms with Gasteiger partial charge in [0.15, 0.2) is 0 Å². The quantitative estimate of drug-likeness (QED) is 0.365. The lowest BCUT2D eigenvalue weighted by Gasteiger charge is -2.24. The highest BCUT2D eigenvalue weighted by Crippen LogP contribution is 2.24. The minimum absolute atomic E-state index is 0.137. The van der Waals surface area contributed by atoms with Crippen LogP contribution in [-0.4, -0.2) is 69.9 Å². The standard InChI is InChI=1S/C16H24N3O9P/c1-11(2)9-26-15(22)18(3)14-12(5-4-6-17-14)7-19(8-13(20)21)16(23)27-10-28-29(24)25/h4-6,11,24-25H,7-10H2,1-3H3,(H,20,21). The van der Waals surface area contributed by atoms with Gasteiger partial charge in [-0.15, -0.1) is 0 Å². The number of hydrogen-bond donors (Lipinski definition) is 3. The number of ether oxygens (including phenoxy) is 2. The molecule has 1 aromatic heterocycles. The zero-order valence-electron chi connectivity index (χ0n) is 16.2. The van der Waals surface area contributed by atoms with Gasteiger partial charge in [0.1, 0.15) is 12.4 Å². The van der Waals surface area contributed by atoms with Crippen LogP contribution < -0.4 is 4.90 Å². The topological polar surface area (TPSA) is 159 Å². The van der Waals surface area contributed by atoms with E-state index in [1.165, 1.54) is 13.2 Å². The van der Waals surface area contributed by atoms with Crippen LogP contribution in [0.5, 0.6) is 0 Å². The van der Waals surface area contributed by atoms with E-state index in [-0.39, 0.29) is 24.9 Å². The number of hydrogen-bond acceptors (Lipinski definition) is 9. The maximum atomic E-state index is 12.2. The average molecular weight is 433 g/mol.